The third kappa shape index (κ3) is 5.89. The van der Waals surface area contributed by atoms with Crippen molar-refractivity contribution in [3.63, 3.8) is 0 Å². The van der Waals surface area contributed by atoms with Crippen molar-refractivity contribution in [3.8, 4) is 11.5 Å². The SMILES string of the molecule is COc1ccccc1/C=C/C=N\NC(=O)COc1ccc(Br)cc1. The van der Waals surface area contributed by atoms with Gasteiger partial charge in [-0.2, -0.15) is 5.10 Å². The highest BCUT2D eigenvalue weighted by atomic mass is 79.9. The van der Waals surface area contributed by atoms with Crippen molar-refractivity contribution < 1.29 is 14.3 Å². The maximum Gasteiger partial charge on any atom is 0.277 e. The average molecular weight is 389 g/mol. The number of amides is 1. The minimum atomic E-state index is -0.333. The number of carbonyl (C=O) groups is 1. The van der Waals surface area contributed by atoms with E-state index in [-0.39, 0.29) is 12.5 Å². The zero-order valence-electron chi connectivity index (χ0n) is 13.1. The van der Waals surface area contributed by atoms with Gasteiger partial charge in [0.2, 0.25) is 0 Å². The van der Waals surface area contributed by atoms with Gasteiger partial charge in [0.15, 0.2) is 6.61 Å². The molecule has 0 aromatic heterocycles. The van der Waals surface area contributed by atoms with Crippen LogP contribution in [0.25, 0.3) is 6.08 Å². The number of methoxy groups -OCH3 is 1. The normalized spacial score (nSPS) is 10.9. The van der Waals surface area contributed by atoms with E-state index in [2.05, 4.69) is 26.5 Å². The van der Waals surface area contributed by atoms with Gasteiger partial charge >= 0.3 is 0 Å². The average Bonchev–Trinajstić information content (AvgIpc) is 2.61. The monoisotopic (exact) mass is 388 g/mol. The van der Waals surface area contributed by atoms with Crippen molar-refractivity contribution in [2.45, 2.75) is 0 Å². The first kappa shape index (κ1) is 17.7. The minimum absolute atomic E-state index is 0.102. The van der Waals surface area contributed by atoms with E-state index in [9.17, 15) is 4.79 Å². The van der Waals surface area contributed by atoms with Crippen molar-refractivity contribution in [2.24, 2.45) is 5.10 Å². The first-order valence-electron chi connectivity index (χ1n) is 7.19. The fraction of sp³-hybridized carbons (Fsp3) is 0.111. The van der Waals surface area contributed by atoms with Crippen LogP contribution in [0.4, 0.5) is 0 Å². The molecule has 0 spiro atoms. The second-order valence-electron chi connectivity index (χ2n) is 4.66. The highest BCUT2D eigenvalue weighted by Gasteiger charge is 2.00. The van der Waals surface area contributed by atoms with Crippen LogP contribution < -0.4 is 14.9 Å². The van der Waals surface area contributed by atoms with Gasteiger partial charge in [-0.15, -0.1) is 0 Å². The van der Waals surface area contributed by atoms with Crippen LogP contribution in [0, 0.1) is 0 Å². The smallest absolute Gasteiger partial charge is 0.277 e. The number of nitrogens with one attached hydrogen (secondary N) is 1. The number of hydrogen-bond acceptors (Lipinski definition) is 4. The zero-order valence-corrected chi connectivity index (χ0v) is 14.7. The quantitative estimate of drug-likeness (QED) is 0.581. The van der Waals surface area contributed by atoms with Crippen molar-refractivity contribution in [1.29, 1.82) is 0 Å². The number of para-hydroxylation sites is 1. The van der Waals surface area contributed by atoms with Gasteiger partial charge in [-0.25, -0.2) is 5.43 Å². The molecular formula is C18H17BrN2O3. The molecule has 0 aliphatic heterocycles. The van der Waals surface area contributed by atoms with E-state index in [4.69, 9.17) is 9.47 Å². The lowest BCUT2D eigenvalue weighted by molar-refractivity contribution is -0.123. The van der Waals surface area contributed by atoms with Gasteiger partial charge in [0.1, 0.15) is 11.5 Å². The predicted octanol–water partition coefficient (Wildman–Crippen LogP) is 3.65. The van der Waals surface area contributed by atoms with Crippen LogP contribution in [-0.2, 0) is 4.79 Å². The molecule has 1 N–H and O–H groups in total. The number of hydrazone groups is 1. The number of carbonyl (C=O) groups excluding carboxylic acids is 1. The number of allylic oxidation sites excluding steroid dienone is 1. The molecular weight excluding hydrogens is 372 g/mol. The summed E-state index contributed by atoms with van der Waals surface area (Å²) in [6.07, 6.45) is 5.05. The number of nitrogens with zero attached hydrogens (tertiary/aromatic N) is 1. The van der Waals surface area contributed by atoms with Crippen LogP contribution in [0.2, 0.25) is 0 Å². The van der Waals surface area contributed by atoms with Crippen molar-refractivity contribution in [2.75, 3.05) is 13.7 Å². The highest BCUT2D eigenvalue weighted by Crippen LogP contribution is 2.18. The Morgan fingerprint density at radius 2 is 1.96 bits per heavy atom. The maximum absolute atomic E-state index is 11.6. The Morgan fingerprint density at radius 1 is 1.21 bits per heavy atom. The molecule has 5 nitrogen and oxygen atoms in total. The van der Waals surface area contributed by atoms with Crippen LogP contribution >= 0.6 is 15.9 Å². The van der Waals surface area contributed by atoms with E-state index in [1.54, 1.807) is 25.3 Å². The number of rotatable bonds is 7. The van der Waals surface area contributed by atoms with Gasteiger partial charge in [0.25, 0.3) is 5.91 Å². The van der Waals surface area contributed by atoms with Gasteiger partial charge in [0.05, 0.1) is 7.11 Å². The Hall–Kier alpha value is -2.60. The molecule has 0 fully saturated rings. The Morgan fingerprint density at radius 3 is 2.71 bits per heavy atom. The Labute approximate surface area is 149 Å². The van der Waals surface area contributed by atoms with Crippen molar-refractivity contribution in [3.05, 3.63) is 64.6 Å². The molecule has 2 aromatic rings. The summed E-state index contributed by atoms with van der Waals surface area (Å²) in [5.74, 6) is 1.06. The highest BCUT2D eigenvalue weighted by molar-refractivity contribution is 9.10. The summed E-state index contributed by atoms with van der Waals surface area (Å²) in [6, 6.07) is 14.8. The fourth-order valence-electron chi connectivity index (χ4n) is 1.82. The van der Waals surface area contributed by atoms with E-state index in [0.29, 0.717) is 5.75 Å². The summed E-state index contributed by atoms with van der Waals surface area (Å²) in [5, 5.41) is 3.83. The Kier molecular flexibility index (Phi) is 7.04. The van der Waals surface area contributed by atoms with Gasteiger partial charge < -0.3 is 9.47 Å². The standard InChI is InChI=1S/C18H17BrN2O3/c1-23-17-7-3-2-5-14(17)6-4-12-20-21-18(22)13-24-16-10-8-15(19)9-11-16/h2-12H,13H2,1H3,(H,21,22)/b6-4+,20-12-. The molecule has 124 valence electrons. The fourth-order valence-corrected chi connectivity index (χ4v) is 2.08. The minimum Gasteiger partial charge on any atom is -0.496 e. The summed E-state index contributed by atoms with van der Waals surface area (Å²) in [6.45, 7) is -0.102. The number of hydrogen-bond donors (Lipinski definition) is 1. The molecule has 0 unspecified atom stereocenters. The summed E-state index contributed by atoms with van der Waals surface area (Å²) in [4.78, 5) is 11.6. The molecule has 0 heterocycles. The van der Waals surface area contributed by atoms with E-state index in [1.807, 2.05) is 42.5 Å². The van der Waals surface area contributed by atoms with E-state index < -0.39 is 0 Å². The van der Waals surface area contributed by atoms with E-state index >= 15 is 0 Å². The number of ether oxygens (including phenoxy) is 2. The number of benzene rings is 2. The predicted molar refractivity (Wildman–Crippen MR) is 98.3 cm³/mol. The first-order chi connectivity index (χ1) is 11.7. The third-order valence-corrected chi connectivity index (χ3v) is 3.48. The molecule has 0 saturated heterocycles. The van der Waals surface area contributed by atoms with Gasteiger partial charge in [-0.1, -0.05) is 34.1 Å². The maximum atomic E-state index is 11.6. The number of halogens is 1. The molecule has 1 amide bonds. The molecule has 24 heavy (non-hydrogen) atoms. The molecule has 0 aliphatic rings. The van der Waals surface area contributed by atoms with Crippen molar-refractivity contribution >= 4 is 34.1 Å². The second-order valence-corrected chi connectivity index (χ2v) is 5.57. The second kappa shape index (κ2) is 9.52. The summed E-state index contributed by atoms with van der Waals surface area (Å²) in [7, 11) is 1.62. The Bertz CT molecular complexity index is 727. The first-order valence-corrected chi connectivity index (χ1v) is 7.98. The largest absolute Gasteiger partial charge is 0.496 e. The molecule has 2 aromatic carbocycles. The lowest BCUT2D eigenvalue weighted by Gasteiger charge is -2.04. The zero-order chi connectivity index (χ0) is 17.2. The molecule has 6 heteroatoms. The van der Waals surface area contributed by atoms with Crippen LogP contribution in [0.5, 0.6) is 11.5 Å². The summed E-state index contributed by atoms with van der Waals surface area (Å²) >= 11 is 3.33. The van der Waals surface area contributed by atoms with E-state index in [1.165, 1.54) is 6.21 Å². The summed E-state index contributed by atoms with van der Waals surface area (Å²) in [5.41, 5.74) is 3.32. The molecule has 2 rings (SSSR count). The van der Waals surface area contributed by atoms with Crippen LogP contribution in [0.1, 0.15) is 5.56 Å². The van der Waals surface area contributed by atoms with Crippen LogP contribution in [-0.4, -0.2) is 25.8 Å². The van der Waals surface area contributed by atoms with Gasteiger partial charge in [0, 0.05) is 16.3 Å². The lowest BCUT2D eigenvalue weighted by Crippen LogP contribution is -2.24. The van der Waals surface area contributed by atoms with E-state index in [0.717, 1.165) is 15.8 Å². The van der Waals surface area contributed by atoms with Crippen molar-refractivity contribution in [1.82, 2.24) is 5.43 Å². The molecule has 0 atom stereocenters. The van der Waals surface area contributed by atoms with Crippen LogP contribution in [0.3, 0.4) is 0 Å². The van der Waals surface area contributed by atoms with Gasteiger partial charge in [-0.3, -0.25) is 4.79 Å². The topological polar surface area (TPSA) is 59.9 Å². The molecule has 0 saturated carbocycles. The Balaban J connectivity index is 1.76. The third-order valence-electron chi connectivity index (χ3n) is 2.95. The summed E-state index contributed by atoms with van der Waals surface area (Å²) < 4.78 is 11.5. The van der Waals surface area contributed by atoms with Gasteiger partial charge in [-0.05, 0) is 42.5 Å². The molecule has 0 radical (unpaired) electrons. The molecule has 0 bridgehead atoms. The molecule has 0 aliphatic carbocycles. The van der Waals surface area contributed by atoms with Crippen LogP contribution in [0.15, 0.2) is 64.2 Å². The lowest BCUT2D eigenvalue weighted by atomic mass is 10.2.